The summed E-state index contributed by atoms with van der Waals surface area (Å²) in [6.07, 6.45) is 1.46. The van der Waals surface area contributed by atoms with Crippen LogP contribution in [-0.2, 0) is 0 Å². The van der Waals surface area contributed by atoms with Crippen molar-refractivity contribution in [1.82, 2.24) is 9.97 Å². The molecule has 6 heteroatoms. The fourth-order valence-corrected chi connectivity index (χ4v) is 2.67. The Hall–Kier alpha value is -3.28. The Morgan fingerprint density at radius 1 is 1.04 bits per heavy atom. The average molecular weight is 350 g/mol. The molecule has 0 aliphatic heterocycles. The van der Waals surface area contributed by atoms with Crippen LogP contribution in [0.2, 0.25) is 0 Å². The van der Waals surface area contributed by atoms with Gasteiger partial charge in [-0.3, -0.25) is 0 Å². The molecule has 0 amide bonds. The summed E-state index contributed by atoms with van der Waals surface area (Å²) in [7, 11) is 1.62. The first-order valence-electron chi connectivity index (χ1n) is 8.39. The first-order valence-corrected chi connectivity index (χ1v) is 8.39. The second kappa shape index (κ2) is 7.74. The normalized spacial score (nSPS) is 10.4. The van der Waals surface area contributed by atoms with Gasteiger partial charge in [0.25, 0.3) is 0 Å². The van der Waals surface area contributed by atoms with E-state index in [1.165, 1.54) is 11.9 Å². The third-order valence-electron chi connectivity index (χ3n) is 3.99. The molecule has 0 aliphatic carbocycles. The molecule has 0 unspecified atom stereocenters. The van der Waals surface area contributed by atoms with Crippen LogP contribution in [0.5, 0.6) is 17.4 Å². The van der Waals surface area contributed by atoms with Crippen LogP contribution in [0.3, 0.4) is 0 Å². The Morgan fingerprint density at radius 3 is 2.42 bits per heavy atom. The van der Waals surface area contributed by atoms with Gasteiger partial charge in [0, 0.05) is 12.2 Å². The maximum atomic E-state index is 6.32. The minimum atomic E-state index is 0.325. The lowest BCUT2D eigenvalue weighted by atomic mass is 10.2. The summed E-state index contributed by atoms with van der Waals surface area (Å²) in [5.74, 6) is 2.33. The molecule has 0 radical (unpaired) electrons. The Labute approximate surface area is 153 Å². The molecule has 26 heavy (non-hydrogen) atoms. The van der Waals surface area contributed by atoms with Gasteiger partial charge in [-0.25, -0.2) is 4.98 Å². The smallest absolute Gasteiger partial charge is 0.248 e. The van der Waals surface area contributed by atoms with Crippen LogP contribution in [0.15, 0.2) is 54.9 Å². The second-order valence-corrected chi connectivity index (χ2v) is 5.78. The van der Waals surface area contributed by atoms with Gasteiger partial charge in [-0.05, 0) is 55.8 Å². The molecule has 0 aliphatic rings. The van der Waals surface area contributed by atoms with Gasteiger partial charge in [0.2, 0.25) is 5.88 Å². The fraction of sp³-hybridized carbons (Fsp3) is 0.200. The van der Waals surface area contributed by atoms with Gasteiger partial charge in [-0.1, -0.05) is 12.1 Å². The highest BCUT2D eigenvalue weighted by Crippen LogP contribution is 2.35. The number of nitrogens with zero attached hydrogens (tertiary/aromatic N) is 3. The highest BCUT2D eigenvalue weighted by atomic mass is 16.5. The quantitative estimate of drug-likeness (QED) is 0.713. The Morgan fingerprint density at radius 2 is 1.77 bits per heavy atom. The summed E-state index contributed by atoms with van der Waals surface area (Å²) in [6.45, 7) is 4.82. The van der Waals surface area contributed by atoms with Crippen molar-refractivity contribution >= 4 is 17.2 Å². The van der Waals surface area contributed by atoms with Gasteiger partial charge < -0.3 is 20.1 Å². The van der Waals surface area contributed by atoms with Gasteiger partial charge in [0.1, 0.15) is 23.5 Å². The molecule has 0 saturated heterocycles. The van der Waals surface area contributed by atoms with Gasteiger partial charge >= 0.3 is 0 Å². The maximum Gasteiger partial charge on any atom is 0.248 e. The number of methoxy groups -OCH3 is 1. The van der Waals surface area contributed by atoms with E-state index in [0.29, 0.717) is 29.7 Å². The van der Waals surface area contributed by atoms with Crippen LogP contribution in [-0.4, -0.2) is 23.6 Å². The third-order valence-corrected chi connectivity index (χ3v) is 3.99. The predicted molar refractivity (Wildman–Crippen MR) is 103 cm³/mol. The van der Waals surface area contributed by atoms with E-state index in [1.54, 1.807) is 19.2 Å². The van der Waals surface area contributed by atoms with E-state index in [-0.39, 0.29) is 0 Å². The fourth-order valence-electron chi connectivity index (χ4n) is 2.67. The van der Waals surface area contributed by atoms with Gasteiger partial charge in [0.15, 0.2) is 5.82 Å². The number of aryl methyl sites for hydroxylation is 1. The Balaban J connectivity index is 1.92. The molecule has 6 nitrogen and oxygen atoms in total. The van der Waals surface area contributed by atoms with Crippen LogP contribution in [0, 0.1) is 6.92 Å². The number of benzene rings is 2. The van der Waals surface area contributed by atoms with Crippen molar-refractivity contribution < 1.29 is 9.47 Å². The van der Waals surface area contributed by atoms with Crippen LogP contribution < -0.4 is 20.1 Å². The molecule has 3 rings (SSSR count). The first kappa shape index (κ1) is 17.5. The number of nitrogens with two attached hydrogens (primary N) is 1. The number of aromatic nitrogens is 2. The molecule has 2 aromatic carbocycles. The van der Waals surface area contributed by atoms with Crippen molar-refractivity contribution in [2.24, 2.45) is 0 Å². The third kappa shape index (κ3) is 3.69. The second-order valence-electron chi connectivity index (χ2n) is 5.78. The highest BCUT2D eigenvalue weighted by Gasteiger charge is 2.17. The molecule has 3 aromatic rings. The summed E-state index contributed by atoms with van der Waals surface area (Å²) >= 11 is 0. The van der Waals surface area contributed by atoms with E-state index in [2.05, 4.69) is 29.0 Å². The summed E-state index contributed by atoms with van der Waals surface area (Å²) in [5.41, 5.74) is 8.91. The van der Waals surface area contributed by atoms with Crippen LogP contribution in [0.25, 0.3) is 0 Å². The van der Waals surface area contributed by atoms with Gasteiger partial charge in [-0.2, -0.15) is 4.98 Å². The average Bonchev–Trinajstić information content (AvgIpc) is 2.66. The minimum absolute atomic E-state index is 0.325. The van der Waals surface area contributed by atoms with Crippen molar-refractivity contribution in [2.45, 2.75) is 13.8 Å². The van der Waals surface area contributed by atoms with E-state index >= 15 is 0 Å². The topological polar surface area (TPSA) is 73.5 Å². The monoisotopic (exact) mass is 350 g/mol. The number of ether oxygens (including phenoxy) is 2. The van der Waals surface area contributed by atoms with E-state index in [9.17, 15) is 0 Å². The molecule has 1 heterocycles. The van der Waals surface area contributed by atoms with Gasteiger partial charge in [0.05, 0.1) is 7.11 Å². The minimum Gasteiger partial charge on any atom is -0.497 e. The number of anilines is 3. The first-order chi connectivity index (χ1) is 12.6. The molecule has 0 spiro atoms. The molecule has 0 saturated carbocycles. The molecule has 0 fully saturated rings. The van der Waals surface area contributed by atoms with Gasteiger partial charge in [-0.15, -0.1) is 0 Å². The summed E-state index contributed by atoms with van der Waals surface area (Å²) < 4.78 is 11.0. The zero-order valence-electron chi connectivity index (χ0n) is 15.1. The summed E-state index contributed by atoms with van der Waals surface area (Å²) in [6, 6.07) is 15.4. The molecule has 134 valence electrons. The van der Waals surface area contributed by atoms with Crippen molar-refractivity contribution in [3.8, 4) is 17.4 Å². The lowest BCUT2D eigenvalue weighted by molar-refractivity contribution is 0.412. The lowest BCUT2D eigenvalue weighted by Crippen LogP contribution is -2.19. The predicted octanol–water partition coefficient (Wildman–Crippen LogP) is 4.33. The van der Waals surface area contributed by atoms with E-state index in [0.717, 1.165) is 11.4 Å². The zero-order valence-corrected chi connectivity index (χ0v) is 15.1. The highest BCUT2D eigenvalue weighted by molar-refractivity contribution is 5.74. The molecular weight excluding hydrogens is 328 g/mol. The van der Waals surface area contributed by atoms with E-state index in [1.807, 2.05) is 36.1 Å². The van der Waals surface area contributed by atoms with Crippen molar-refractivity contribution in [1.29, 1.82) is 0 Å². The Bertz CT molecular complexity index is 881. The standard InChI is InChI=1S/C20H22N4O2/c1-4-24(15-7-5-6-14(2)12-15)19-18(21)20(23-13-22-19)26-17-10-8-16(25-3)9-11-17/h5-13H,4,21H2,1-3H3. The van der Waals surface area contributed by atoms with Crippen molar-refractivity contribution in [2.75, 3.05) is 24.3 Å². The largest absolute Gasteiger partial charge is 0.497 e. The summed E-state index contributed by atoms with van der Waals surface area (Å²) in [5, 5.41) is 0. The van der Waals surface area contributed by atoms with E-state index in [4.69, 9.17) is 15.2 Å². The Kier molecular flexibility index (Phi) is 5.22. The molecule has 1 aromatic heterocycles. The lowest BCUT2D eigenvalue weighted by Gasteiger charge is -2.24. The van der Waals surface area contributed by atoms with E-state index < -0.39 is 0 Å². The van der Waals surface area contributed by atoms with Crippen LogP contribution in [0.4, 0.5) is 17.2 Å². The van der Waals surface area contributed by atoms with Crippen molar-refractivity contribution in [3.63, 3.8) is 0 Å². The molecule has 0 atom stereocenters. The number of hydrogen-bond acceptors (Lipinski definition) is 6. The molecule has 2 N–H and O–H groups in total. The van der Waals surface area contributed by atoms with Crippen LogP contribution >= 0.6 is 0 Å². The summed E-state index contributed by atoms with van der Waals surface area (Å²) in [4.78, 5) is 10.6. The number of hydrogen-bond donors (Lipinski definition) is 1. The van der Waals surface area contributed by atoms with Crippen molar-refractivity contribution in [3.05, 3.63) is 60.4 Å². The number of nitrogen functional groups attached to an aromatic ring is 1. The zero-order chi connectivity index (χ0) is 18.5. The maximum absolute atomic E-state index is 6.32. The van der Waals surface area contributed by atoms with Crippen LogP contribution in [0.1, 0.15) is 12.5 Å². The number of rotatable bonds is 6. The SMILES string of the molecule is CCN(c1cccc(C)c1)c1ncnc(Oc2ccc(OC)cc2)c1N. The molecular formula is C20H22N4O2. The molecule has 0 bridgehead atoms.